The topological polar surface area (TPSA) is 96.7 Å². The second-order valence-electron chi connectivity index (χ2n) is 9.47. The van der Waals surface area contributed by atoms with E-state index in [0.29, 0.717) is 58.2 Å². The molecule has 3 aromatic carbocycles. The number of hydrogen-bond donors (Lipinski definition) is 0. The van der Waals surface area contributed by atoms with Gasteiger partial charge in [0.2, 0.25) is 11.5 Å². The van der Waals surface area contributed by atoms with Gasteiger partial charge in [-0.25, -0.2) is 0 Å². The molecule has 0 bridgehead atoms. The summed E-state index contributed by atoms with van der Waals surface area (Å²) >= 11 is 0. The summed E-state index contributed by atoms with van der Waals surface area (Å²) in [5.74, 6) is 2.12. The average Bonchev–Trinajstić information content (AvgIpc) is 3.26. The average molecular weight is 546 g/mol. The molecule has 4 aromatic rings. The van der Waals surface area contributed by atoms with E-state index in [-0.39, 0.29) is 22.7 Å². The largest absolute Gasteiger partial charge is 0.493 e. The van der Waals surface area contributed by atoms with Crippen molar-refractivity contribution in [2.45, 2.75) is 19.4 Å². The molecule has 0 radical (unpaired) electrons. The maximum Gasteiger partial charge on any atom is 0.290 e. The van der Waals surface area contributed by atoms with E-state index in [0.717, 1.165) is 11.1 Å². The van der Waals surface area contributed by atoms with Crippen molar-refractivity contribution < 1.29 is 32.9 Å². The van der Waals surface area contributed by atoms with Crippen LogP contribution in [0.3, 0.4) is 0 Å². The number of fused-ring (bicyclic) bond motifs is 2. The second-order valence-corrected chi connectivity index (χ2v) is 9.47. The number of hydrogen-bond acceptors (Lipinski definition) is 8. The third-order valence-corrected chi connectivity index (χ3v) is 7.21. The van der Waals surface area contributed by atoms with Gasteiger partial charge in [0.1, 0.15) is 5.58 Å². The van der Waals surface area contributed by atoms with Crippen molar-refractivity contribution in [1.82, 2.24) is 4.90 Å². The minimum absolute atomic E-state index is 0.0346. The van der Waals surface area contributed by atoms with E-state index in [2.05, 4.69) is 0 Å². The first kappa shape index (κ1) is 26.9. The number of rotatable bonds is 9. The van der Waals surface area contributed by atoms with Gasteiger partial charge in [-0.3, -0.25) is 9.59 Å². The Kier molecular flexibility index (Phi) is 7.30. The van der Waals surface area contributed by atoms with Crippen LogP contribution >= 0.6 is 0 Å². The SMILES string of the molecule is COc1ccc(CCN2C(=O)c3oc4ccc(C)cc4c(=O)c3C2c2cc(OC)c(OC)c(OC)c2)cc1OC. The fourth-order valence-corrected chi connectivity index (χ4v) is 5.26. The minimum Gasteiger partial charge on any atom is -0.493 e. The van der Waals surface area contributed by atoms with Gasteiger partial charge >= 0.3 is 0 Å². The highest BCUT2D eigenvalue weighted by Crippen LogP contribution is 2.45. The zero-order valence-corrected chi connectivity index (χ0v) is 23.3. The van der Waals surface area contributed by atoms with Crippen LogP contribution in [0.15, 0.2) is 57.7 Å². The van der Waals surface area contributed by atoms with Gasteiger partial charge in [0.05, 0.1) is 52.5 Å². The Hall–Kier alpha value is -4.66. The van der Waals surface area contributed by atoms with Crippen LogP contribution < -0.4 is 29.1 Å². The van der Waals surface area contributed by atoms with Gasteiger partial charge in [-0.2, -0.15) is 0 Å². The van der Waals surface area contributed by atoms with E-state index in [1.807, 2.05) is 31.2 Å². The number of amides is 1. The highest BCUT2D eigenvalue weighted by Gasteiger charge is 2.43. The van der Waals surface area contributed by atoms with Crippen LogP contribution in [0.2, 0.25) is 0 Å². The quantitative estimate of drug-likeness (QED) is 0.292. The van der Waals surface area contributed by atoms with Crippen LogP contribution in [0.4, 0.5) is 0 Å². The molecule has 0 N–H and O–H groups in total. The number of carbonyl (C=O) groups is 1. The standard InChI is InChI=1S/C31H31NO8/c1-17-7-9-21-20(13-17)28(33)26-27(19-15-24(37-4)29(39-6)25(16-19)38-5)32(31(34)30(26)40-21)12-11-18-8-10-22(35-2)23(14-18)36-3/h7-10,13-16,27H,11-12H2,1-6H3. The lowest BCUT2D eigenvalue weighted by Crippen LogP contribution is -2.31. The van der Waals surface area contributed by atoms with Crippen LogP contribution in [0, 0.1) is 6.92 Å². The Bertz CT molecular complexity index is 1630. The van der Waals surface area contributed by atoms with Crippen LogP contribution in [0.1, 0.15) is 38.9 Å². The van der Waals surface area contributed by atoms with Crippen molar-refractivity contribution in [3.05, 3.63) is 86.8 Å². The summed E-state index contributed by atoms with van der Waals surface area (Å²) in [6.45, 7) is 2.21. The van der Waals surface area contributed by atoms with Gasteiger partial charge < -0.3 is 33.0 Å². The monoisotopic (exact) mass is 545 g/mol. The molecule has 9 heteroatoms. The Labute approximate surface area is 231 Å². The molecular formula is C31H31NO8. The molecule has 0 spiro atoms. The highest BCUT2D eigenvalue weighted by molar-refractivity contribution is 5.99. The molecule has 1 amide bonds. The van der Waals surface area contributed by atoms with E-state index in [9.17, 15) is 9.59 Å². The van der Waals surface area contributed by atoms with Crippen LogP contribution in [0.25, 0.3) is 11.0 Å². The van der Waals surface area contributed by atoms with Crippen molar-refractivity contribution in [2.75, 3.05) is 42.1 Å². The predicted molar refractivity (Wildman–Crippen MR) is 149 cm³/mol. The lowest BCUT2D eigenvalue weighted by Gasteiger charge is -2.26. The maximum atomic E-state index is 14.0. The fourth-order valence-electron chi connectivity index (χ4n) is 5.26. The van der Waals surface area contributed by atoms with E-state index < -0.39 is 6.04 Å². The van der Waals surface area contributed by atoms with Gasteiger partial charge in [0.15, 0.2) is 28.4 Å². The van der Waals surface area contributed by atoms with E-state index in [1.165, 1.54) is 21.3 Å². The Morgan fingerprint density at radius 2 is 1.45 bits per heavy atom. The Morgan fingerprint density at radius 1 is 0.775 bits per heavy atom. The molecule has 208 valence electrons. The van der Waals surface area contributed by atoms with Gasteiger partial charge in [-0.1, -0.05) is 17.7 Å². The molecule has 40 heavy (non-hydrogen) atoms. The number of benzene rings is 3. The number of methoxy groups -OCH3 is 5. The maximum absolute atomic E-state index is 14.0. The van der Waals surface area contributed by atoms with Crippen molar-refractivity contribution >= 4 is 16.9 Å². The summed E-state index contributed by atoms with van der Waals surface area (Å²) < 4.78 is 33.6. The lowest BCUT2D eigenvalue weighted by molar-refractivity contribution is 0.0729. The first-order valence-electron chi connectivity index (χ1n) is 12.7. The van der Waals surface area contributed by atoms with Crippen LogP contribution in [0.5, 0.6) is 28.7 Å². The second kappa shape index (κ2) is 10.8. The summed E-state index contributed by atoms with van der Waals surface area (Å²) in [6, 6.07) is 13.8. The summed E-state index contributed by atoms with van der Waals surface area (Å²) in [7, 11) is 7.72. The summed E-state index contributed by atoms with van der Waals surface area (Å²) in [4.78, 5) is 29.5. The molecule has 0 saturated heterocycles. The molecule has 5 rings (SSSR count). The molecule has 9 nitrogen and oxygen atoms in total. The molecule has 2 heterocycles. The van der Waals surface area contributed by atoms with Gasteiger partial charge in [-0.15, -0.1) is 0 Å². The van der Waals surface area contributed by atoms with Crippen molar-refractivity contribution in [1.29, 1.82) is 0 Å². The van der Waals surface area contributed by atoms with E-state index in [4.69, 9.17) is 28.1 Å². The lowest BCUT2D eigenvalue weighted by atomic mass is 9.97. The molecule has 1 unspecified atom stereocenters. The molecule has 0 saturated carbocycles. The van der Waals surface area contributed by atoms with Gasteiger partial charge in [0.25, 0.3) is 5.91 Å². The zero-order valence-electron chi connectivity index (χ0n) is 23.3. The predicted octanol–water partition coefficient (Wildman–Crippen LogP) is 4.93. The number of ether oxygens (including phenoxy) is 5. The first-order valence-corrected chi connectivity index (χ1v) is 12.7. The van der Waals surface area contributed by atoms with E-state index >= 15 is 0 Å². The molecule has 1 atom stereocenters. The van der Waals surface area contributed by atoms with Crippen LogP contribution in [-0.4, -0.2) is 52.9 Å². The Morgan fingerprint density at radius 3 is 2.08 bits per heavy atom. The summed E-state index contributed by atoms with van der Waals surface area (Å²) in [5.41, 5.74) is 2.88. The molecular weight excluding hydrogens is 514 g/mol. The number of aryl methyl sites for hydroxylation is 1. The molecule has 1 aliphatic heterocycles. The minimum atomic E-state index is -0.738. The van der Waals surface area contributed by atoms with Gasteiger partial charge in [-0.05, 0) is 60.9 Å². The Balaban J connectivity index is 1.66. The van der Waals surface area contributed by atoms with Gasteiger partial charge in [0, 0.05) is 6.54 Å². The van der Waals surface area contributed by atoms with Crippen molar-refractivity contribution in [3.8, 4) is 28.7 Å². The van der Waals surface area contributed by atoms with Crippen LogP contribution in [-0.2, 0) is 6.42 Å². The first-order chi connectivity index (χ1) is 19.3. The third-order valence-electron chi connectivity index (χ3n) is 7.21. The normalized spacial score (nSPS) is 14.3. The third kappa shape index (κ3) is 4.47. The number of nitrogens with zero attached hydrogens (tertiary/aromatic N) is 1. The highest BCUT2D eigenvalue weighted by atomic mass is 16.5. The molecule has 1 aromatic heterocycles. The zero-order chi connectivity index (χ0) is 28.6. The smallest absolute Gasteiger partial charge is 0.290 e. The molecule has 0 aliphatic carbocycles. The molecule has 0 fully saturated rings. The fraction of sp³-hybridized carbons (Fsp3) is 0.290. The summed E-state index contributed by atoms with van der Waals surface area (Å²) in [6.07, 6.45) is 0.494. The van der Waals surface area contributed by atoms with Crippen molar-refractivity contribution in [3.63, 3.8) is 0 Å². The van der Waals surface area contributed by atoms with Crippen molar-refractivity contribution in [2.24, 2.45) is 0 Å². The van der Waals surface area contributed by atoms with E-state index in [1.54, 1.807) is 43.4 Å². The molecule has 1 aliphatic rings. The summed E-state index contributed by atoms with van der Waals surface area (Å²) in [5, 5.41) is 0.422. The number of carbonyl (C=O) groups excluding carboxylic acids is 1.